The Morgan fingerprint density at radius 2 is 1.81 bits per heavy atom. The van der Waals surface area contributed by atoms with Crippen LogP contribution in [0.25, 0.3) is 0 Å². The molecular formula is C20H20N2O4. The summed E-state index contributed by atoms with van der Waals surface area (Å²) in [5.74, 6) is -1.98. The lowest BCUT2D eigenvalue weighted by Gasteiger charge is -2.22. The molecule has 0 saturated heterocycles. The van der Waals surface area contributed by atoms with E-state index >= 15 is 0 Å². The molecule has 6 heteroatoms. The first kappa shape index (κ1) is 17.7. The van der Waals surface area contributed by atoms with Crippen molar-refractivity contribution in [1.82, 2.24) is 0 Å². The minimum Gasteiger partial charge on any atom is -0.462 e. The maximum absolute atomic E-state index is 12.7. The minimum atomic E-state index is -0.787. The second-order valence-electron chi connectivity index (χ2n) is 6.08. The van der Waals surface area contributed by atoms with Crippen molar-refractivity contribution in [2.45, 2.75) is 26.3 Å². The molecule has 0 aromatic heterocycles. The van der Waals surface area contributed by atoms with Crippen molar-refractivity contribution in [3.8, 4) is 0 Å². The molecule has 0 aliphatic carbocycles. The number of benzene rings is 2. The van der Waals surface area contributed by atoms with Crippen LogP contribution in [0, 0.1) is 0 Å². The zero-order chi connectivity index (χ0) is 18.7. The Morgan fingerprint density at radius 1 is 1.12 bits per heavy atom. The van der Waals surface area contributed by atoms with Gasteiger partial charge in [-0.3, -0.25) is 9.59 Å². The van der Waals surface area contributed by atoms with Gasteiger partial charge >= 0.3 is 17.8 Å². The van der Waals surface area contributed by atoms with Crippen LogP contribution in [-0.2, 0) is 20.7 Å². The number of nitrogens with one attached hydrogen (secondary N) is 1. The fourth-order valence-electron chi connectivity index (χ4n) is 3.14. The quantitative estimate of drug-likeness (QED) is 0.681. The third kappa shape index (κ3) is 3.31. The summed E-state index contributed by atoms with van der Waals surface area (Å²) in [7, 11) is 0. The van der Waals surface area contributed by atoms with Gasteiger partial charge in [-0.15, -0.1) is 0 Å². The van der Waals surface area contributed by atoms with Gasteiger partial charge in [-0.05, 0) is 44.0 Å². The second-order valence-corrected chi connectivity index (χ2v) is 6.08. The van der Waals surface area contributed by atoms with E-state index in [1.54, 1.807) is 31.2 Å². The highest BCUT2D eigenvalue weighted by Gasteiger charge is 2.34. The van der Waals surface area contributed by atoms with Crippen molar-refractivity contribution >= 4 is 29.2 Å². The van der Waals surface area contributed by atoms with E-state index < -0.39 is 17.8 Å². The van der Waals surface area contributed by atoms with Crippen molar-refractivity contribution in [3.63, 3.8) is 0 Å². The standard InChI is InChI=1S/C20H20N2O4/c1-3-26-20(25)15-9-5-6-10-16(15)21-18(23)19(24)22-13(2)12-14-8-4-7-11-17(14)22/h4-11,13H,3,12H2,1-2H3,(H,21,23). The van der Waals surface area contributed by atoms with Crippen molar-refractivity contribution < 1.29 is 19.1 Å². The fraction of sp³-hybridized carbons (Fsp3) is 0.250. The predicted molar refractivity (Wildman–Crippen MR) is 98.1 cm³/mol. The molecule has 2 aromatic carbocycles. The van der Waals surface area contributed by atoms with Crippen LogP contribution in [-0.4, -0.2) is 30.4 Å². The van der Waals surface area contributed by atoms with Crippen LogP contribution in [0.1, 0.15) is 29.8 Å². The molecule has 0 spiro atoms. The summed E-state index contributed by atoms with van der Waals surface area (Å²) in [5, 5.41) is 2.55. The average molecular weight is 352 g/mol. The smallest absolute Gasteiger partial charge is 0.340 e. The maximum Gasteiger partial charge on any atom is 0.340 e. The molecule has 26 heavy (non-hydrogen) atoms. The Morgan fingerprint density at radius 3 is 2.58 bits per heavy atom. The molecule has 134 valence electrons. The number of anilines is 2. The Kier molecular flexibility index (Phi) is 5.02. The number of esters is 1. The molecule has 1 atom stereocenters. The maximum atomic E-state index is 12.7. The van der Waals surface area contributed by atoms with E-state index in [1.807, 2.05) is 31.2 Å². The summed E-state index contributed by atoms with van der Waals surface area (Å²) in [6.07, 6.45) is 0.703. The number of rotatable bonds is 3. The van der Waals surface area contributed by atoms with Gasteiger partial charge in [-0.25, -0.2) is 4.79 Å². The number of amides is 2. The first-order valence-electron chi connectivity index (χ1n) is 8.51. The third-order valence-electron chi connectivity index (χ3n) is 4.29. The number of ether oxygens (including phenoxy) is 1. The van der Waals surface area contributed by atoms with Gasteiger partial charge in [0.25, 0.3) is 0 Å². The number of para-hydroxylation sites is 2. The number of carbonyl (C=O) groups excluding carboxylic acids is 3. The molecule has 1 aliphatic rings. The first-order chi connectivity index (χ1) is 12.5. The van der Waals surface area contributed by atoms with E-state index in [9.17, 15) is 14.4 Å². The van der Waals surface area contributed by atoms with E-state index in [4.69, 9.17) is 4.74 Å². The van der Waals surface area contributed by atoms with Gasteiger partial charge in [0, 0.05) is 11.7 Å². The molecule has 1 aliphatic heterocycles. The molecule has 1 unspecified atom stereocenters. The van der Waals surface area contributed by atoms with Gasteiger partial charge in [0.05, 0.1) is 17.9 Å². The Bertz CT molecular complexity index is 862. The summed E-state index contributed by atoms with van der Waals surface area (Å²) >= 11 is 0. The monoisotopic (exact) mass is 352 g/mol. The molecule has 0 radical (unpaired) electrons. The molecule has 0 bridgehead atoms. The number of hydrogen-bond donors (Lipinski definition) is 1. The topological polar surface area (TPSA) is 75.7 Å². The first-order valence-corrected chi connectivity index (χ1v) is 8.51. The van der Waals surface area contributed by atoms with E-state index in [0.29, 0.717) is 6.42 Å². The van der Waals surface area contributed by atoms with Crippen LogP contribution in [0.4, 0.5) is 11.4 Å². The van der Waals surface area contributed by atoms with Crippen LogP contribution in [0.2, 0.25) is 0 Å². The van der Waals surface area contributed by atoms with E-state index in [1.165, 1.54) is 4.90 Å². The highest BCUT2D eigenvalue weighted by Crippen LogP contribution is 2.32. The Labute approximate surface area is 151 Å². The summed E-state index contributed by atoms with van der Waals surface area (Å²) in [4.78, 5) is 38.8. The fourth-order valence-corrected chi connectivity index (χ4v) is 3.14. The van der Waals surface area contributed by atoms with E-state index in [0.717, 1.165) is 11.3 Å². The normalized spacial score (nSPS) is 15.3. The van der Waals surface area contributed by atoms with Crippen molar-refractivity contribution in [2.24, 2.45) is 0 Å². The SMILES string of the molecule is CCOC(=O)c1ccccc1NC(=O)C(=O)N1c2ccccc2CC1C. The van der Waals surface area contributed by atoms with Crippen LogP contribution < -0.4 is 10.2 Å². The summed E-state index contributed by atoms with van der Waals surface area (Å²) < 4.78 is 4.99. The van der Waals surface area contributed by atoms with Gasteiger partial charge in [0.15, 0.2) is 0 Å². The number of nitrogens with zero attached hydrogens (tertiary/aromatic N) is 1. The zero-order valence-electron chi connectivity index (χ0n) is 14.7. The van der Waals surface area contributed by atoms with Gasteiger partial charge in [0.1, 0.15) is 0 Å². The molecule has 0 saturated carbocycles. The van der Waals surface area contributed by atoms with Crippen LogP contribution >= 0.6 is 0 Å². The number of fused-ring (bicyclic) bond motifs is 1. The molecule has 6 nitrogen and oxygen atoms in total. The third-order valence-corrected chi connectivity index (χ3v) is 4.29. The highest BCUT2D eigenvalue weighted by atomic mass is 16.5. The highest BCUT2D eigenvalue weighted by molar-refractivity contribution is 6.44. The van der Waals surface area contributed by atoms with E-state index in [-0.39, 0.29) is 23.9 Å². The minimum absolute atomic E-state index is 0.106. The Hall–Kier alpha value is -3.15. The lowest BCUT2D eigenvalue weighted by molar-refractivity contribution is -0.134. The molecular weight excluding hydrogens is 332 g/mol. The van der Waals surface area contributed by atoms with Crippen LogP contribution in [0.5, 0.6) is 0 Å². The van der Waals surface area contributed by atoms with Crippen LogP contribution in [0.3, 0.4) is 0 Å². The van der Waals surface area contributed by atoms with Crippen molar-refractivity contribution in [2.75, 3.05) is 16.8 Å². The molecule has 2 amide bonds. The lowest BCUT2D eigenvalue weighted by atomic mass is 10.1. The molecule has 2 aromatic rings. The summed E-state index contributed by atoms with van der Waals surface area (Å²) in [5.41, 5.74) is 2.25. The second kappa shape index (κ2) is 7.39. The van der Waals surface area contributed by atoms with Gasteiger partial charge in [-0.1, -0.05) is 30.3 Å². The van der Waals surface area contributed by atoms with Crippen LogP contribution in [0.15, 0.2) is 48.5 Å². The van der Waals surface area contributed by atoms with Gasteiger partial charge in [0.2, 0.25) is 0 Å². The molecule has 0 fully saturated rings. The molecule has 3 rings (SSSR count). The predicted octanol–water partition coefficient (Wildman–Crippen LogP) is 2.78. The van der Waals surface area contributed by atoms with Crippen molar-refractivity contribution in [1.29, 1.82) is 0 Å². The summed E-state index contributed by atoms with van der Waals surface area (Å²) in [6, 6.07) is 13.9. The largest absolute Gasteiger partial charge is 0.462 e. The summed E-state index contributed by atoms with van der Waals surface area (Å²) in [6.45, 7) is 3.83. The molecule has 1 N–H and O–H groups in total. The zero-order valence-corrected chi connectivity index (χ0v) is 14.7. The Balaban J connectivity index is 1.81. The lowest BCUT2D eigenvalue weighted by Crippen LogP contribution is -2.43. The number of hydrogen-bond acceptors (Lipinski definition) is 4. The van der Waals surface area contributed by atoms with Gasteiger partial charge in [-0.2, -0.15) is 0 Å². The van der Waals surface area contributed by atoms with E-state index in [2.05, 4.69) is 5.32 Å². The van der Waals surface area contributed by atoms with Crippen molar-refractivity contribution in [3.05, 3.63) is 59.7 Å². The number of carbonyl (C=O) groups is 3. The average Bonchev–Trinajstić information content (AvgIpc) is 2.97. The van der Waals surface area contributed by atoms with Gasteiger partial charge < -0.3 is 15.0 Å². The molecule has 1 heterocycles.